The first-order valence-electron chi connectivity index (χ1n) is 10.1. The number of carboxylic acid groups (broad SMARTS) is 1. The van der Waals surface area contributed by atoms with Gasteiger partial charge < -0.3 is 15.1 Å². The van der Waals surface area contributed by atoms with Gasteiger partial charge in [0.05, 0.1) is 16.8 Å². The number of hydrogen-bond acceptors (Lipinski definition) is 6. The van der Waals surface area contributed by atoms with Crippen LogP contribution in [0.25, 0.3) is 27.6 Å². The van der Waals surface area contributed by atoms with Crippen molar-refractivity contribution in [3.63, 3.8) is 0 Å². The molecular formula is C22H20FN5O3. The number of aromatic carboxylic acids is 1. The van der Waals surface area contributed by atoms with Crippen LogP contribution in [0.3, 0.4) is 0 Å². The van der Waals surface area contributed by atoms with Gasteiger partial charge in [0.2, 0.25) is 0 Å². The number of nitrogens with zero attached hydrogens (tertiary/aromatic N) is 5. The molecule has 8 nitrogen and oxygen atoms in total. The van der Waals surface area contributed by atoms with Crippen LogP contribution >= 0.6 is 0 Å². The lowest BCUT2D eigenvalue weighted by atomic mass is 9.97. The number of aromatic nitrogens is 4. The van der Waals surface area contributed by atoms with E-state index in [9.17, 15) is 19.4 Å². The average Bonchev–Trinajstić information content (AvgIpc) is 3.23. The zero-order chi connectivity index (χ0) is 21.5. The second-order valence-electron chi connectivity index (χ2n) is 7.74. The minimum Gasteiger partial charge on any atom is -0.478 e. The summed E-state index contributed by atoms with van der Waals surface area (Å²) in [6, 6.07) is 10.9. The number of carboxylic acids is 1. The van der Waals surface area contributed by atoms with Crippen molar-refractivity contribution in [3.05, 3.63) is 53.8 Å². The monoisotopic (exact) mass is 421 g/mol. The van der Waals surface area contributed by atoms with Crippen molar-refractivity contribution in [3.8, 4) is 5.69 Å². The van der Waals surface area contributed by atoms with Gasteiger partial charge in [-0.25, -0.2) is 14.2 Å². The summed E-state index contributed by atoms with van der Waals surface area (Å²) in [5.41, 5.74) is 1.95. The van der Waals surface area contributed by atoms with Crippen LogP contribution in [0.15, 0.2) is 42.5 Å². The molecule has 5 rings (SSSR count). The van der Waals surface area contributed by atoms with Gasteiger partial charge in [0.15, 0.2) is 0 Å². The first-order valence-corrected chi connectivity index (χ1v) is 10.1. The number of rotatable bonds is 4. The van der Waals surface area contributed by atoms with Crippen LogP contribution < -0.4 is 4.90 Å². The Balaban J connectivity index is 1.64. The summed E-state index contributed by atoms with van der Waals surface area (Å²) in [6.45, 7) is 1.58. The van der Waals surface area contributed by atoms with Crippen LogP contribution in [-0.4, -0.2) is 55.9 Å². The van der Waals surface area contributed by atoms with E-state index in [1.54, 1.807) is 30.3 Å². The molecule has 0 amide bonds. The molecule has 31 heavy (non-hydrogen) atoms. The first kappa shape index (κ1) is 19.4. The number of carbonyl (C=O) groups is 1. The molecule has 0 spiro atoms. The lowest BCUT2D eigenvalue weighted by Crippen LogP contribution is -2.35. The van der Waals surface area contributed by atoms with Crippen LogP contribution in [0, 0.1) is 11.7 Å². The van der Waals surface area contributed by atoms with Gasteiger partial charge in [-0.3, -0.25) is 0 Å². The maximum atomic E-state index is 13.6. The zero-order valence-corrected chi connectivity index (χ0v) is 16.6. The van der Waals surface area contributed by atoms with Crippen molar-refractivity contribution in [2.45, 2.75) is 12.8 Å². The Morgan fingerprint density at radius 3 is 2.58 bits per heavy atom. The quantitative estimate of drug-likeness (QED) is 0.522. The van der Waals surface area contributed by atoms with Gasteiger partial charge in [0, 0.05) is 31.1 Å². The number of anilines is 1. The molecule has 9 heteroatoms. The van der Waals surface area contributed by atoms with E-state index in [1.807, 2.05) is 4.90 Å². The van der Waals surface area contributed by atoms with Gasteiger partial charge in [-0.15, -0.1) is 10.2 Å². The third-order valence-corrected chi connectivity index (χ3v) is 5.78. The predicted molar refractivity (Wildman–Crippen MR) is 113 cm³/mol. The SMILES string of the molecule is O=C(O)c1cc(N2CCC(CO)CC2)nc2ccc3nn(-c4cccc(F)c4)nc3c12. The Morgan fingerprint density at radius 2 is 1.87 bits per heavy atom. The number of fused-ring (bicyclic) bond motifs is 3. The number of hydrogen-bond donors (Lipinski definition) is 2. The molecule has 158 valence electrons. The summed E-state index contributed by atoms with van der Waals surface area (Å²) in [5, 5.41) is 28.5. The molecule has 0 saturated carbocycles. The van der Waals surface area contributed by atoms with E-state index in [4.69, 9.17) is 4.98 Å². The molecule has 1 fully saturated rings. The van der Waals surface area contributed by atoms with Gasteiger partial charge in [-0.2, -0.15) is 4.80 Å². The minimum atomic E-state index is -1.08. The van der Waals surface area contributed by atoms with E-state index < -0.39 is 11.8 Å². The van der Waals surface area contributed by atoms with Crippen molar-refractivity contribution in [1.29, 1.82) is 0 Å². The van der Waals surface area contributed by atoms with Gasteiger partial charge in [0.1, 0.15) is 22.7 Å². The minimum absolute atomic E-state index is 0.0983. The average molecular weight is 421 g/mol. The van der Waals surface area contributed by atoms with Gasteiger partial charge in [-0.05, 0) is 49.1 Å². The number of benzene rings is 2. The zero-order valence-electron chi connectivity index (χ0n) is 16.6. The Labute approximate surface area is 176 Å². The van der Waals surface area contributed by atoms with Gasteiger partial charge in [-0.1, -0.05) is 6.07 Å². The highest BCUT2D eigenvalue weighted by Gasteiger charge is 2.23. The van der Waals surface area contributed by atoms with E-state index in [1.165, 1.54) is 16.9 Å². The molecule has 0 bridgehead atoms. The van der Waals surface area contributed by atoms with Crippen LogP contribution in [-0.2, 0) is 0 Å². The summed E-state index contributed by atoms with van der Waals surface area (Å²) in [4.78, 5) is 20.2. The molecule has 2 aromatic heterocycles. The summed E-state index contributed by atoms with van der Waals surface area (Å²) < 4.78 is 13.6. The third-order valence-electron chi connectivity index (χ3n) is 5.78. The van der Waals surface area contributed by atoms with E-state index in [0.717, 1.165) is 12.8 Å². The first-order chi connectivity index (χ1) is 15.0. The van der Waals surface area contributed by atoms with E-state index in [2.05, 4.69) is 10.2 Å². The van der Waals surface area contributed by atoms with Crippen LogP contribution in [0.4, 0.5) is 10.2 Å². The predicted octanol–water partition coefficient (Wildman–Crippen LogP) is 3.01. The lowest BCUT2D eigenvalue weighted by Gasteiger charge is -2.32. The topological polar surface area (TPSA) is 104 Å². The fourth-order valence-corrected chi connectivity index (χ4v) is 4.08. The number of piperidine rings is 1. The summed E-state index contributed by atoms with van der Waals surface area (Å²) >= 11 is 0. The molecular weight excluding hydrogens is 401 g/mol. The molecule has 1 aliphatic heterocycles. The molecule has 2 N–H and O–H groups in total. The summed E-state index contributed by atoms with van der Waals surface area (Å²) in [5.74, 6) is -0.621. The highest BCUT2D eigenvalue weighted by atomic mass is 19.1. The van der Waals surface area contributed by atoms with Crippen LogP contribution in [0.2, 0.25) is 0 Å². The fraction of sp³-hybridized carbons (Fsp3) is 0.273. The molecule has 4 aromatic rings. The Kier molecular flexibility index (Phi) is 4.74. The van der Waals surface area contributed by atoms with Crippen LogP contribution in [0.1, 0.15) is 23.2 Å². The molecule has 0 unspecified atom stereocenters. The van der Waals surface area contributed by atoms with E-state index in [0.29, 0.717) is 46.5 Å². The molecule has 0 aliphatic carbocycles. The molecule has 1 saturated heterocycles. The molecule has 2 aromatic carbocycles. The smallest absolute Gasteiger partial charge is 0.336 e. The lowest BCUT2D eigenvalue weighted by molar-refractivity contribution is 0.0699. The van der Waals surface area contributed by atoms with Crippen molar-refractivity contribution in [2.75, 3.05) is 24.6 Å². The highest BCUT2D eigenvalue weighted by molar-refractivity contribution is 6.13. The summed E-state index contributed by atoms with van der Waals surface area (Å²) in [7, 11) is 0. The van der Waals surface area contributed by atoms with E-state index >= 15 is 0 Å². The summed E-state index contributed by atoms with van der Waals surface area (Å²) in [6.07, 6.45) is 1.67. The maximum Gasteiger partial charge on any atom is 0.336 e. The van der Waals surface area contributed by atoms with E-state index in [-0.39, 0.29) is 18.1 Å². The molecule has 1 aliphatic rings. The second kappa shape index (κ2) is 7.59. The number of pyridine rings is 1. The third kappa shape index (κ3) is 3.46. The maximum absolute atomic E-state index is 13.6. The fourth-order valence-electron chi connectivity index (χ4n) is 4.08. The standard InChI is InChI=1S/C22H20FN5O3/c23-14-2-1-3-15(10-14)28-25-18-5-4-17-20(21(18)26-28)16(22(30)31)11-19(24-17)27-8-6-13(12-29)7-9-27/h1-5,10-11,13,29H,6-9,12H2,(H,30,31). The number of halogens is 1. The van der Waals surface area contributed by atoms with Crippen molar-refractivity contribution < 1.29 is 19.4 Å². The molecule has 0 atom stereocenters. The highest BCUT2D eigenvalue weighted by Crippen LogP contribution is 2.30. The van der Waals surface area contributed by atoms with Gasteiger partial charge in [0.25, 0.3) is 0 Å². The number of aliphatic hydroxyl groups excluding tert-OH is 1. The molecule has 0 radical (unpaired) electrons. The van der Waals surface area contributed by atoms with Gasteiger partial charge >= 0.3 is 5.97 Å². The Bertz CT molecular complexity index is 1300. The van der Waals surface area contributed by atoms with Crippen LogP contribution in [0.5, 0.6) is 0 Å². The second-order valence-corrected chi connectivity index (χ2v) is 7.74. The number of aliphatic hydroxyl groups is 1. The van der Waals surface area contributed by atoms with Crippen molar-refractivity contribution in [1.82, 2.24) is 20.0 Å². The molecule has 3 heterocycles. The Hall–Kier alpha value is -3.59. The van der Waals surface area contributed by atoms with Crippen molar-refractivity contribution >= 4 is 33.7 Å². The van der Waals surface area contributed by atoms with Crippen molar-refractivity contribution in [2.24, 2.45) is 5.92 Å². The largest absolute Gasteiger partial charge is 0.478 e. The Morgan fingerprint density at radius 1 is 1.10 bits per heavy atom. The normalized spacial score (nSPS) is 15.1.